The van der Waals surface area contributed by atoms with E-state index < -0.39 is 0 Å². The summed E-state index contributed by atoms with van der Waals surface area (Å²) in [5.41, 5.74) is 3.72. The molecule has 1 aliphatic rings. The highest BCUT2D eigenvalue weighted by Crippen LogP contribution is 2.24. The zero-order valence-corrected chi connectivity index (χ0v) is 15.4. The number of hydrogen-bond donors (Lipinski definition) is 2. The van der Waals surface area contributed by atoms with E-state index in [0.29, 0.717) is 24.1 Å². The molecule has 1 atom stereocenters. The zero-order valence-electron chi connectivity index (χ0n) is 15.4. The van der Waals surface area contributed by atoms with Gasteiger partial charge in [-0.25, -0.2) is 0 Å². The lowest BCUT2D eigenvalue weighted by molar-refractivity contribution is 0.512. The third-order valence-electron chi connectivity index (χ3n) is 4.52. The van der Waals surface area contributed by atoms with E-state index in [2.05, 4.69) is 36.5 Å². The second-order valence-corrected chi connectivity index (χ2v) is 7.13. The molecule has 134 valence electrons. The number of aryl methyl sites for hydroxylation is 1. The van der Waals surface area contributed by atoms with Crippen LogP contribution in [-0.4, -0.2) is 20.9 Å². The van der Waals surface area contributed by atoms with Gasteiger partial charge in [0.2, 0.25) is 0 Å². The summed E-state index contributed by atoms with van der Waals surface area (Å²) in [6.45, 7) is 8.01. The summed E-state index contributed by atoms with van der Waals surface area (Å²) in [4.78, 5) is 12.9. The molecule has 0 saturated carbocycles. The predicted octanol–water partition coefficient (Wildman–Crippen LogP) is 2.79. The van der Waals surface area contributed by atoms with E-state index in [1.807, 2.05) is 37.9 Å². The van der Waals surface area contributed by atoms with Crippen LogP contribution in [0.25, 0.3) is 11.1 Å². The van der Waals surface area contributed by atoms with Gasteiger partial charge in [-0.1, -0.05) is 20.8 Å². The van der Waals surface area contributed by atoms with Gasteiger partial charge in [-0.15, -0.1) is 0 Å². The first-order chi connectivity index (χ1) is 12.0. The highest BCUT2D eigenvalue weighted by Gasteiger charge is 2.19. The summed E-state index contributed by atoms with van der Waals surface area (Å²) in [5.74, 6) is 0.811. The van der Waals surface area contributed by atoms with Crippen LogP contribution in [0.15, 0.2) is 41.3 Å². The van der Waals surface area contributed by atoms with Gasteiger partial charge in [0.15, 0.2) is 0 Å². The fourth-order valence-corrected chi connectivity index (χ4v) is 3.18. The van der Waals surface area contributed by atoms with Crippen LogP contribution in [0.1, 0.15) is 27.2 Å². The SMILES string of the molecule is CC[C@H]1CNC=C1Nc1cc(-c2cnn(C)c2)cn(CC(C)C)c1=O. The molecule has 6 heteroatoms. The van der Waals surface area contributed by atoms with Crippen LogP contribution in [0.5, 0.6) is 0 Å². The second-order valence-electron chi connectivity index (χ2n) is 7.13. The Balaban J connectivity index is 2.02. The van der Waals surface area contributed by atoms with Crippen molar-refractivity contribution in [2.24, 2.45) is 18.9 Å². The largest absolute Gasteiger partial charge is 0.389 e. The molecule has 0 fully saturated rings. The third-order valence-corrected chi connectivity index (χ3v) is 4.52. The Labute approximate surface area is 148 Å². The van der Waals surface area contributed by atoms with Gasteiger partial charge in [0, 0.05) is 61.5 Å². The Morgan fingerprint density at radius 1 is 1.36 bits per heavy atom. The quantitative estimate of drug-likeness (QED) is 0.848. The number of pyridine rings is 1. The minimum atomic E-state index is 0.0176. The molecule has 1 aliphatic heterocycles. The van der Waals surface area contributed by atoms with Crippen molar-refractivity contribution >= 4 is 5.69 Å². The predicted molar refractivity (Wildman–Crippen MR) is 101 cm³/mol. The van der Waals surface area contributed by atoms with Crippen LogP contribution in [0.3, 0.4) is 0 Å². The molecular formula is C19H27N5O. The molecule has 0 radical (unpaired) electrons. The van der Waals surface area contributed by atoms with E-state index in [1.165, 1.54) is 0 Å². The number of anilines is 1. The molecule has 0 bridgehead atoms. The van der Waals surface area contributed by atoms with Crippen molar-refractivity contribution in [3.8, 4) is 11.1 Å². The standard InChI is InChI=1S/C19H27N5O/c1-5-14-7-20-9-18(14)22-17-6-15(16-8-21-23(4)11-16)12-24(19(17)25)10-13(2)3/h6,8-9,11-14,20,22H,5,7,10H2,1-4H3/t14-/m0/s1. The van der Waals surface area contributed by atoms with Crippen LogP contribution >= 0.6 is 0 Å². The number of rotatable bonds is 6. The molecule has 6 nitrogen and oxygen atoms in total. The maximum Gasteiger partial charge on any atom is 0.274 e. The van der Waals surface area contributed by atoms with Crippen LogP contribution in [-0.2, 0) is 13.6 Å². The molecule has 0 unspecified atom stereocenters. The van der Waals surface area contributed by atoms with E-state index >= 15 is 0 Å². The van der Waals surface area contributed by atoms with Crippen LogP contribution in [0.4, 0.5) is 5.69 Å². The summed E-state index contributed by atoms with van der Waals surface area (Å²) in [6.07, 6.45) is 8.75. The van der Waals surface area contributed by atoms with Gasteiger partial charge in [0.25, 0.3) is 5.56 Å². The fourth-order valence-electron chi connectivity index (χ4n) is 3.18. The highest BCUT2D eigenvalue weighted by atomic mass is 16.1. The minimum Gasteiger partial charge on any atom is -0.389 e. The number of aromatic nitrogens is 3. The van der Waals surface area contributed by atoms with E-state index in [1.54, 1.807) is 9.25 Å². The van der Waals surface area contributed by atoms with Crippen molar-refractivity contribution in [3.63, 3.8) is 0 Å². The van der Waals surface area contributed by atoms with E-state index in [0.717, 1.165) is 29.8 Å². The molecule has 3 heterocycles. The lowest BCUT2D eigenvalue weighted by Crippen LogP contribution is -2.26. The molecule has 0 spiro atoms. The van der Waals surface area contributed by atoms with Crippen molar-refractivity contribution in [2.75, 3.05) is 11.9 Å². The van der Waals surface area contributed by atoms with Crippen molar-refractivity contribution in [1.29, 1.82) is 0 Å². The first kappa shape index (κ1) is 17.3. The number of nitrogens with zero attached hydrogens (tertiary/aromatic N) is 3. The van der Waals surface area contributed by atoms with Crippen LogP contribution in [0, 0.1) is 11.8 Å². The minimum absolute atomic E-state index is 0.0176. The summed E-state index contributed by atoms with van der Waals surface area (Å²) >= 11 is 0. The normalized spacial score (nSPS) is 16.8. The summed E-state index contributed by atoms with van der Waals surface area (Å²) in [6, 6.07) is 1.93. The maximum atomic E-state index is 12.9. The summed E-state index contributed by atoms with van der Waals surface area (Å²) < 4.78 is 3.58. The molecule has 25 heavy (non-hydrogen) atoms. The monoisotopic (exact) mass is 341 g/mol. The first-order valence-electron chi connectivity index (χ1n) is 8.92. The molecule has 2 aromatic rings. The van der Waals surface area contributed by atoms with Crippen LogP contribution < -0.4 is 16.2 Å². The van der Waals surface area contributed by atoms with Crippen molar-refractivity contribution in [3.05, 3.63) is 46.9 Å². The molecule has 2 N–H and O–H groups in total. The molecule has 0 aromatic carbocycles. The average molecular weight is 341 g/mol. The third kappa shape index (κ3) is 3.78. The smallest absolute Gasteiger partial charge is 0.274 e. The summed E-state index contributed by atoms with van der Waals surface area (Å²) in [5, 5.41) is 10.9. The Morgan fingerprint density at radius 2 is 2.16 bits per heavy atom. The van der Waals surface area contributed by atoms with E-state index in [9.17, 15) is 4.79 Å². The Kier molecular flexibility index (Phi) is 4.97. The lowest BCUT2D eigenvalue weighted by atomic mass is 10.0. The van der Waals surface area contributed by atoms with Crippen LogP contribution in [0.2, 0.25) is 0 Å². The zero-order chi connectivity index (χ0) is 18.0. The number of nitrogens with one attached hydrogen (secondary N) is 2. The molecule has 0 saturated heterocycles. The highest BCUT2D eigenvalue weighted by molar-refractivity contribution is 5.66. The molecule has 2 aromatic heterocycles. The van der Waals surface area contributed by atoms with E-state index in [4.69, 9.17) is 0 Å². The topological polar surface area (TPSA) is 63.9 Å². The van der Waals surface area contributed by atoms with Crippen molar-refractivity contribution in [1.82, 2.24) is 19.7 Å². The average Bonchev–Trinajstić information content (AvgIpc) is 3.19. The van der Waals surface area contributed by atoms with Gasteiger partial charge < -0.3 is 15.2 Å². The second kappa shape index (κ2) is 7.17. The van der Waals surface area contributed by atoms with Gasteiger partial charge in [-0.3, -0.25) is 9.48 Å². The molecule has 3 rings (SSSR count). The maximum absolute atomic E-state index is 12.9. The van der Waals surface area contributed by atoms with E-state index in [-0.39, 0.29) is 5.56 Å². The Bertz CT molecular complexity index is 831. The molecular weight excluding hydrogens is 314 g/mol. The number of hydrogen-bond acceptors (Lipinski definition) is 4. The fraction of sp³-hybridized carbons (Fsp3) is 0.474. The first-order valence-corrected chi connectivity index (χ1v) is 8.92. The van der Waals surface area contributed by atoms with Gasteiger partial charge in [0.05, 0.1) is 6.20 Å². The molecule has 0 aliphatic carbocycles. The van der Waals surface area contributed by atoms with Gasteiger partial charge in [-0.05, 0) is 18.4 Å². The van der Waals surface area contributed by atoms with Crippen molar-refractivity contribution in [2.45, 2.75) is 33.7 Å². The van der Waals surface area contributed by atoms with Gasteiger partial charge >= 0.3 is 0 Å². The lowest BCUT2D eigenvalue weighted by Gasteiger charge is -2.17. The van der Waals surface area contributed by atoms with Gasteiger partial charge in [-0.2, -0.15) is 5.10 Å². The van der Waals surface area contributed by atoms with Crippen molar-refractivity contribution < 1.29 is 0 Å². The Morgan fingerprint density at radius 3 is 2.80 bits per heavy atom. The summed E-state index contributed by atoms with van der Waals surface area (Å²) in [7, 11) is 1.90. The molecule has 0 amide bonds. The Hall–Kier alpha value is -2.50. The van der Waals surface area contributed by atoms with Gasteiger partial charge in [0.1, 0.15) is 5.69 Å².